The number of pyridine rings is 1. The molecule has 1 aliphatic heterocycles. The number of nitrogens with one attached hydrogen (secondary N) is 2. The van der Waals surface area contributed by atoms with E-state index >= 15 is 0 Å². The van der Waals surface area contributed by atoms with Gasteiger partial charge >= 0.3 is 0 Å². The van der Waals surface area contributed by atoms with Crippen molar-refractivity contribution in [3.63, 3.8) is 0 Å². The molecule has 1 atom stereocenters. The summed E-state index contributed by atoms with van der Waals surface area (Å²) in [7, 11) is 3.36. The summed E-state index contributed by atoms with van der Waals surface area (Å²) in [5.41, 5.74) is 1.04. The zero-order valence-electron chi connectivity index (χ0n) is 16.5. The number of ether oxygens (including phenoxy) is 1. The number of methoxy groups -OCH3 is 1. The van der Waals surface area contributed by atoms with Gasteiger partial charge in [-0.1, -0.05) is 17.7 Å². The highest BCUT2D eigenvalue weighted by Gasteiger charge is 2.25. The van der Waals surface area contributed by atoms with Gasteiger partial charge in [-0.3, -0.25) is 4.99 Å². The molecule has 6 nitrogen and oxygen atoms in total. The van der Waals surface area contributed by atoms with Crippen molar-refractivity contribution in [2.24, 2.45) is 4.99 Å². The van der Waals surface area contributed by atoms with Crippen LogP contribution in [0.15, 0.2) is 41.5 Å². The van der Waals surface area contributed by atoms with E-state index in [0.29, 0.717) is 23.9 Å². The second-order valence-corrected chi connectivity index (χ2v) is 7.00. The fourth-order valence-electron chi connectivity index (χ4n) is 3.24. The molecule has 0 saturated carbocycles. The lowest BCUT2D eigenvalue weighted by atomic mass is 10.1. The lowest BCUT2D eigenvalue weighted by Gasteiger charge is -2.20. The van der Waals surface area contributed by atoms with Gasteiger partial charge in [0.05, 0.1) is 7.11 Å². The number of hydrogen-bond donors (Lipinski definition) is 2. The molecule has 2 N–H and O–H groups in total. The second kappa shape index (κ2) is 11.4. The Balaban J connectivity index is 0.00000300. The van der Waals surface area contributed by atoms with Gasteiger partial charge in [0.2, 0.25) is 0 Å². The third-order valence-electron chi connectivity index (χ3n) is 4.74. The number of aromatic nitrogens is 1. The summed E-state index contributed by atoms with van der Waals surface area (Å²) in [6.45, 7) is 2.13. The normalized spacial score (nSPS) is 16.3. The predicted octanol–water partition coefficient (Wildman–Crippen LogP) is 3.49. The van der Waals surface area contributed by atoms with Crippen molar-refractivity contribution < 1.29 is 9.13 Å². The maximum Gasteiger partial charge on any atom is 0.191 e. The molecule has 1 aliphatic rings. The number of guanidine groups is 1. The molecule has 1 fully saturated rings. The first-order valence-electron chi connectivity index (χ1n) is 9.25. The number of benzene rings is 1. The minimum atomic E-state index is -0.290. The van der Waals surface area contributed by atoms with Gasteiger partial charge in [-0.25, -0.2) is 9.37 Å². The van der Waals surface area contributed by atoms with E-state index < -0.39 is 0 Å². The van der Waals surface area contributed by atoms with E-state index in [1.165, 1.54) is 6.07 Å². The van der Waals surface area contributed by atoms with Gasteiger partial charge in [-0.15, -0.1) is 24.0 Å². The van der Waals surface area contributed by atoms with Crippen LogP contribution in [0.5, 0.6) is 5.75 Å². The molecule has 1 aromatic heterocycles. The van der Waals surface area contributed by atoms with Crippen LogP contribution >= 0.6 is 35.6 Å². The predicted molar refractivity (Wildman–Crippen MR) is 126 cm³/mol. The van der Waals surface area contributed by atoms with E-state index in [4.69, 9.17) is 16.3 Å². The smallest absolute Gasteiger partial charge is 0.191 e. The van der Waals surface area contributed by atoms with Crippen molar-refractivity contribution in [3.05, 3.63) is 52.9 Å². The molecule has 1 saturated heterocycles. The van der Waals surface area contributed by atoms with Crippen LogP contribution in [0.3, 0.4) is 0 Å². The van der Waals surface area contributed by atoms with Gasteiger partial charge in [0.25, 0.3) is 0 Å². The van der Waals surface area contributed by atoms with Crippen LogP contribution in [0.25, 0.3) is 0 Å². The zero-order valence-corrected chi connectivity index (χ0v) is 19.6. The number of anilines is 1. The van der Waals surface area contributed by atoms with Crippen LogP contribution in [-0.4, -0.2) is 50.8 Å². The lowest BCUT2D eigenvalue weighted by molar-refractivity contribution is 0.414. The fourth-order valence-corrected chi connectivity index (χ4v) is 3.51. The largest absolute Gasteiger partial charge is 0.497 e. The highest BCUT2D eigenvalue weighted by atomic mass is 127. The summed E-state index contributed by atoms with van der Waals surface area (Å²) in [5, 5.41) is 7.39. The molecule has 0 spiro atoms. The van der Waals surface area contributed by atoms with Crippen LogP contribution in [0.2, 0.25) is 5.02 Å². The van der Waals surface area contributed by atoms with Crippen LogP contribution in [0.1, 0.15) is 12.0 Å². The van der Waals surface area contributed by atoms with Crippen LogP contribution in [0, 0.1) is 5.82 Å². The quantitative estimate of drug-likeness (QED) is 0.338. The number of nitrogens with zero attached hydrogens (tertiary/aromatic N) is 3. The molecule has 2 heterocycles. The Labute approximate surface area is 192 Å². The topological polar surface area (TPSA) is 61.8 Å². The van der Waals surface area contributed by atoms with Gasteiger partial charge < -0.3 is 20.3 Å². The van der Waals surface area contributed by atoms with Gasteiger partial charge in [-0.2, -0.15) is 0 Å². The standard InChI is InChI=1S/C20H25ClFN5O.HI/c1-23-20(25-10-7-14-5-6-16(28-2)12-17(14)21)26-15-8-11-27(13-15)19-18(22)4-3-9-24-19;/h3-6,9,12,15H,7-8,10-11,13H2,1-2H3,(H2,23,25,26);1H. The maximum absolute atomic E-state index is 13.9. The van der Waals surface area contributed by atoms with Crippen LogP contribution < -0.4 is 20.3 Å². The highest BCUT2D eigenvalue weighted by molar-refractivity contribution is 14.0. The Morgan fingerprint density at radius 2 is 2.24 bits per heavy atom. The fraction of sp³-hybridized carbons (Fsp3) is 0.400. The Morgan fingerprint density at radius 3 is 2.93 bits per heavy atom. The van der Waals surface area contributed by atoms with Crippen LogP contribution in [-0.2, 0) is 6.42 Å². The average molecular weight is 534 g/mol. The van der Waals surface area contributed by atoms with E-state index in [2.05, 4.69) is 20.6 Å². The minimum Gasteiger partial charge on any atom is -0.497 e. The average Bonchev–Trinajstić information content (AvgIpc) is 3.16. The molecular weight excluding hydrogens is 508 g/mol. The molecule has 9 heteroatoms. The molecule has 0 aliphatic carbocycles. The van der Waals surface area contributed by atoms with Crippen molar-refractivity contribution in [1.82, 2.24) is 15.6 Å². The molecule has 0 bridgehead atoms. The second-order valence-electron chi connectivity index (χ2n) is 6.59. The first kappa shape index (κ1) is 23.5. The molecule has 0 radical (unpaired) electrons. The Hall–Kier alpha value is -1.81. The van der Waals surface area contributed by atoms with Gasteiger partial charge in [0.15, 0.2) is 17.6 Å². The molecule has 1 aromatic carbocycles. The molecule has 158 valence electrons. The van der Waals surface area contributed by atoms with Crippen LogP contribution in [0.4, 0.5) is 10.2 Å². The summed E-state index contributed by atoms with van der Waals surface area (Å²) in [4.78, 5) is 10.4. The summed E-state index contributed by atoms with van der Waals surface area (Å²) < 4.78 is 19.1. The van der Waals surface area contributed by atoms with Crippen molar-refractivity contribution in [3.8, 4) is 5.75 Å². The third kappa shape index (κ3) is 6.33. The van der Waals surface area contributed by atoms with Crippen molar-refractivity contribution >= 4 is 47.4 Å². The van der Waals surface area contributed by atoms with Gasteiger partial charge in [-0.05, 0) is 42.7 Å². The molecule has 29 heavy (non-hydrogen) atoms. The Bertz CT molecular complexity index is 838. The number of hydrogen-bond acceptors (Lipinski definition) is 4. The summed E-state index contributed by atoms with van der Waals surface area (Å²) >= 11 is 6.29. The lowest BCUT2D eigenvalue weighted by Crippen LogP contribution is -2.45. The monoisotopic (exact) mass is 533 g/mol. The van der Waals surface area contributed by atoms with Crippen molar-refractivity contribution in [2.75, 3.05) is 38.7 Å². The van der Waals surface area contributed by atoms with E-state index in [-0.39, 0.29) is 35.8 Å². The molecule has 0 amide bonds. The van der Waals surface area contributed by atoms with Gasteiger partial charge in [0.1, 0.15) is 5.75 Å². The summed E-state index contributed by atoms with van der Waals surface area (Å²) in [5.74, 6) is 1.58. The molecule has 2 aromatic rings. The highest BCUT2D eigenvalue weighted by Crippen LogP contribution is 2.23. The zero-order chi connectivity index (χ0) is 19.9. The molecule has 3 rings (SSSR count). The summed E-state index contributed by atoms with van der Waals surface area (Å²) in [6.07, 6.45) is 3.27. The number of rotatable bonds is 6. The van der Waals surface area contributed by atoms with E-state index in [1.807, 2.05) is 23.1 Å². The van der Waals surface area contributed by atoms with E-state index in [1.54, 1.807) is 26.4 Å². The van der Waals surface area contributed by atoms with Gasteiger partial charge in [0, 0.05) is 43.9 Å². The third-order valence-corrected chi connectivity index (χ3v) is 5.09. The van der Waals surface area contributed by atoms with E-state index in [9.17, 15) is 4.39 Å². The molecule has 1 unspecified atom stereocenters. The first-order valence-corrected chi connectivity index (χ1v) is 9.63. The number of aliphatic imine (C=N–C) groups is 1. The summed E-state index contributed by atoms with van der Waals surface area (Å²) in [6, 6.07) is 8.90. The molecular formula is C20H26ClFIN5O. The van der Waals surface area contributed by atoms with Crippen molar-refractivity contribution in [1.29, 1.82) is 0 Å². The van der Waals surface area contributed by atoms with Crippen molar-refractivity contribution in [2.45, 2.75) is 18.9 Å². The minimum absolute atomic E-state index is 0. The van der Waals surface area contributed by atoms with E-state index in [0.717, 1.165) is 36.7 Å². The Morgan fingerprint density at radius 1 is 1.41 bits per heavy atom. The Kier molecular flexibility index (Phi) is 9.22. The first-order chi connectivity index (χ1) is 13.6. The maximum atomic E-state index is 13.9. The SMILES string of the molecule is CN=C(NCCc1ccc(OC)cc1Cl)NC1CCN(c2ncccc2F)C1.I. The number of halogens is 3.